The van der Waals surface area contributed by atoms with Crippen molar-refractivity contribution in [1.29, 1.82) is 0 Å². The zero-order chi connectivity index (χ0) is 20.1. The zero-order valence-corrected chi connectivity index (χ0v) is 16.1. The molecule has 0 spiro atoms. The van der Waals surface area contributed by atoms with Gasteiger partial charge in [0.2, 0.25) is 0 Å². The van der Waals surface area contributed by atoms with Crippen molar-refractivity contribution in [3.63, 3.8) is 0 Å². The van der Waals surface area contributed by atoms with Gasteiger partial charge in [-0.2, -0.15) is 0 Å². The summed E-state index contributed by atoms with van der Waals surface area (Å²) < 4.78 is 25.8. The Hall–Kier alpha value is -2.91. The van der Waals surface area contributed by atoms with Crippen LogP contribution in [0.5, 0.6) is 11.5 Å². The summed E-state index contributed by atoms with van der Waals surface area (Å²) in [6.45, 7) is 5.13. The number of aldehydes is 1. The van der Waals surface area contributed by atoms with Crippen LogP contribution in [0.25, 0.3) is 0 Å². The number of rotatable bonds is 8. The molecule has 3 rings (SSSR count). The number of hydrazine groups is 1. The Kier molecular flexibility index (Phi) is 6.27. The highest BCUT2D eigenvalue weighted by atomic mass is 19.1. The number of likely N-dealkylation sites (N-methyl/N-ethyl adjacent to an activating group) is 1. The Bertz CT molecular complexity index is 835. The van der Waals surface area contributed by atoms with Crippen molar-refractivity contribution in [3.05, 3.63) is 41.6 Å². The normalized spacial score (nSPS) is 15.6. The number of nitrogens with zero attached hydrogens (tertiary/aromatic N) is 2. The number of hydrogen-bond donors (Lipinski definition) is 3. The van der Waals surface area contributed by atoms with Crippen LogP contribution in [0.15, 0.2) is 40.8 Å². The van der Waals surface area contributed by atoms with Crippen LogP contribution >= 0.6 is 0 Å². The molecule has 2 heterocycles. The molecule has 9 heteroatoms. The molecule has 150 valence electrons. The number of ether oxygens (including phenoxy) is 2. The molecular weight excluding hydrogens is 365 g/mol. The second kappa shape index (κ2) is 8.85. The average molecular weight is 389 g/mol. The van der Waals surface area contributed by atoms with Crippen molar-refractivity contribution >= 4 is 17.8 Å². The SMILES string of the molecule is CNCCOc1c(NC2=NC3=C(C=O)CNN3C=C2)cc(F)cc1OC(C)C. The summed E-state index contributed by atoms with van der Waals surface area (Å²) in [5.74, 6) is 1.21. The Morgan fingerprint density at radius 2 is 2.25 bits per heavy atom. The molecule has 0 fully saturated rings. The molecule has 0 amide bonds. The first-order valence-electron chi connectivity index (χ1n) is 9.04. The van der Waals surface area contributed by atoms with Gasteiger partial charge in [-0.15, -0.1) is 0 Å². The first-order valence-corrected chi connectivity index (χ1v) is 9.04. The van der Waals surface area contributed by atoms with Crippen LogP contribution in [-0.4, -0.2) is 50.0 Å². The number of nitrogens with one attached hydrogen (secondary N) is 3. The molecule has 28 heavy (non-hydrogen) atoms. The van der Waals surface area contributed by atoms with Crippen LogP contribution in [0.3, 0.4) is 0 Å². The smallest absolute Gasteiger partial charge is 0.184 e. The topological polar surface area (TPSA) is 87.2 Å². The van der Waals surface area contributed by atoms with Crippen LogP contribution < -0.4 is 25.5 Å². The Balaban J connectivity index is 1.92. The maximum atomic E-state index is 14.2. The number of amidine groups is 1. The summed E-state index contributed by atoms with van der Waals surface area (Å²) in [6, 6.07) is 2.63. The molecule has 0 saturated heterocycles. The van der Waals surface area contributed by atoms with E-state index >= 15 is 0 Å². The second-order valence-electron chi connectivity index (χ2n) is 6.51. The van der Waals surface area contributed by atoms with Gasteiger partial charge < -0.3 is 20.1 Å². The number of benzene rings is 1. The van der Waals surface area contributed by atoms with Gasteiger partial charge in [0.1, 0.15) is 18.3 Å². The molecule has 0 atom stereocenters. The first-order chi connectivity index (χ1) is 13.5. The average Bonchev–Trinajstić information content (AvgIpc) is 3.05. The molecule has 0 unspecified atom stereocenters. The highest BCUT2D eigenvalue weighted by molar-refractivity contribution is 6.06. The molecule has 2 aliphatic rings. The van der Waals surface area contributed by atoms with E-state index in [1.165, 1.54) is 12.1 Å². The summed E-state index contributed by atoms with van der Waals surface area (Å²) >= 11 is 0. The predicted molar refractivity (Wildman–Crippen MR) is 105 cm³/mol. The van der Waals surface area contributed by atoms with Crippen LogP contribution in [0.2, 0.25) is 0 Å². The Labute approximate surface area is 163 Å². The minimum Gasteiger partial charge on any atom is -0.487 e. The first kappa shape index (κ1) is 19.8. The molecule has 1 aromatic rings. The number of fused-ring (bicyclic) bond motifs is 1. The molecular formula is C19H24FN5O3. The monoisotopic (exact) mass is 389 g/mol. The fraction of sp³-hybridized carbons (Fsp3) is 0.368. The van der Waals surface area contributed by atoms with Crippen molar-refractivity contribution in [2.45, 2.75) is 20.0 Å². The number of hydrogen-bond acceptors (Lipinski definition) is 8. The molecule has 0 bridgehead atoms. The van der Waals surface area contributed by atoms with E-state index in [0.29, 0.717) is 54.1 Å². The second-order valence-corrected chi connectivity index (χ2v) is 6.51. The van der Waals surface area contributed by atoms with E-state index in [1.807, 2.05) is 20.9 Å². The van der Waals surface area contributed by atoms with Crippen molar-refractivity contribution in [2.24, 2.45) is 4.99 Å². The number of anilines is 1. The zero-order valence-electron chi connectivity index (χ0n) is 16.1. The van der Waals surface area contributed by atoms with Gasteiger partial charge in [0, 0.05) is 31.4 Å². The Morgan fingerprint density at radius 1 is 1.43 bits per heavy atom. The standard InChI is InChI=1S/C19H24FN5O3/c1-12(2)28-16-9-14(20)8-15(18(16)27-7-5-21-3)23-17-4-6-25-19(24-17)13(11-26)10-22-25/h4,6,8-9,11-12,21-22H,5,7,10H2,1-3H3,(H,23,24). The number of aliphatic imine (C=N–C) groups is 1. The van der Waals surface area contributed by atoms with Gasteiger partial charge in [0.15, 0.2) is 23.6 Å². The van der Waals surface area contributed by atoms with Crippen molar-refractivity contribution in [2.75, 3.05) is 32.1 Å². The molecule has 0 radical (unpaired) electrons. The van der Waals surface area contributed by atoms with Crippen molar-refractivity contribution in [3.8, 4) is 11.5 Å². The lowest BCUT2D eigenvalue weighted by Gasteiger charge is -2.22. The van der Waals surface area contributed by atoms with E-state index in [0.717, 1.165) is 6.29 Å². The van der Waals surface area contributed by atoms with E-state index in [9.17, 15) is 9.18 Å². The van der Waals surface area contributed by atoms with Crippen LogP contribution in [0, 0.1) is 5.82 Å². The summed E-state index contributed by atoms with van der Waals surface area (Å²) in [5, 5.41) is 7.75. The van der Waals surface area contributed by atoms with E-state index < -0.39 is 5.82 Å². The van der Waals surface area contributed by atoms with Crippen LogP contribution in [0.1, 0.15) is 13.8 Å². The van der Waals surface area contributed by atoms with Gasteiger partial charge in [0.05, 0.1) is 17.4 Å². The van der Waals surface area contributed by atoms with Gasteiger partial charge in [-0.25, -0.2) is 14.8 Å². The fourth-order valence-electron chi connectivity index (χ4n) is 2.73. The van der Waals surface area contributed by atoms with Crippen molar-refractivity contribution in [1.82, 2.24) is 15.8 Å². The minimum atomic E-state index is -0.462. The summed E-state index contributed by atoms with van der Waals surface area (Å²) in [7, 11) is 1.82. The lowest BCUT2D eigenvalue weighted by atomic mass is 10.2. The number of carbonyl (C=O) groups is 1. The van der Waals surface area contributed by atoms with Gasteiger partial charge in [-0.3, -0.25) is 9.80 Å². The fourth-order valence-corrected chi connectivity index (χ4v) is 2.73. The van der Waals surface area contributed by atoms with Crippen molar-refractivity contribution < 1.29 is 18.7 Å². The maximum Gasteiger partial charge on any atom is 0.184 e. The van der Waals surface area contributed by atoms with Gasteiger partial charge in [-0.05, 0) is 27.0 Å². The highest BCUT2D eigenvalue weighted by Gasteiger charge is 2.24. The molecule has 2 aliphatic heterocycles. The lowest BCUT2D eigenvalue weighted by Crippen LogP contribution is -2.29. The number of carbonyl (C=O) groups excluding carboxylic acids is 1. The minimum absolute atomic E-state index is 0.147. The molecule has 0 aliphatic carbocycles. The molecule has 0 saturated carbocycles. The maximum absolute atomic E-state index is 14.2. The van der Waals surface area contributed by atoms with E-state index in [1.54, 1.807) is 17.3 Å². The van der Waals surface area contributed by atoms with Gasteiger partial charge >= 0.3 is 0 Å². The predicted octanol–water partition coefficient (Wildman–Crippen LogP) is 1.78. The molecule has 1 aromatic carbocycles. The van der Waals surface area contributed by atoms with Crippen LogP contribution in [-0.2, 0) is 4.79 Å². The third-order valence-corrected chi connectivity index (χ3v) is 3.95. The molecule has 0 aromatic heterocycles. The number of halogens is 1. The van der Waals surface area contributed by atoms with Gasteiger partial charge in [-0.1, -0.05) is 0 Å². The van der Waals surface area contributed by atoms with Crippen LogP contribution in [0.4, 0.5) is 10.1 Å². The summed E-state index contributed by atoms with van der Waals surface area (Å²) in [4.78, 5) is 15.6. The van der Waals surface area contributed by atoms with E-state index in [-0.39, 0.29) is 6.10 Å². The molecule has 8 nitrogen and oxygen atoms in total. The Morgan fingerprint density at radius 3 is 2.96 bits per heavy atom. The largest absolute Gasteiger partial charge is 0.487 e. The summed E-state index contributed by atoms with van der Waals surface area (Å²) in [6.07, 6.45) is 4.08. The lowest BCUT2D eigenvalue weighted by molar-refractivity contribution is -0.104. The highest BCUT2D eigenvalue weighted by Crippen LogP contribution is 2.37. The third kappa shape index (κ3) is 4.49. The van der Waals surface area contributed by atoms with E-state index in [4.69, 9.17) is 9.47 Å². The quantitative estimate of drug-likeness (QED) is 0.461. The van der Waals surface area contributed by atoms with E-state index in [2.05, 4.69) is 21.1 Å². The van der Waals surface area contributed by atoms with Gasteiger partial charge in [0.25, 0.3) is 0 Å². The summed E-state index contributed by atoms with van der Waals surface area (Å²) in [5.41, 5.74) is 3.95. The third-order valence-electron chi connectivity index (χ3n) is 3.95. The molecule has 3 N–H and O–H groups in total.